The molecular formula is C11H9NO2S. The van der Waals surface area contributed by atoms with Crippen molar-refractivity contribution in [3.8, 4) is 10.4 Å². The SMILES string of the molecule is Cc1ccccc1-c1cnc(C(=O)O)s1. The van der Waals surface area contributed by atoms with Crippen LogP contribution in [0.1, 0.15) is 15.4 Å². The first-order chi connectivity index (χ1) is 7.18. The van der Waals surface area contributed by atoms with Crippen molar-refractivity contribution >= 4 is 17.3 Å². The second kappa shape index (κ2) is 3.82. The highest BCUT2D eigenvalue weighted by Gasteiger charge is 2.10. The number of hydrogen-bond acceptors (Lipinski definition) is 3. The Morgan fingerprint density at radius 1 is 1.40 bits per heavy atom. The minimum absolute atomic E-state index is 0.133. The third kappa shape index (κ3) is 1.89. The smallest absolute Gasteiger partial charge is 0.365 e. The number of hydrogen-bond donors (Lipinski definition) is 1. The van der Waals surface area contributed by atoms with E-state index in [-0.39, 0.29) is 5.01 Å². The van der Waals surface area contributed by atoms with Crippen LogP contribution in [0.5, 0.6) is 0 Å². The fourth-order valence-electron chi connectivity index (χ4n) is 1.35. The molecule has 1 N–H and O–H groups in total. The average molecular weight is 219 g/mol. The van der Waals surface area contributed by atoms with Crippen LogP contribution in [0, 0.1) is 6.92 Å². The largest absolute Gasteiger partial charge is 0.476 e. The maximum atomic E-state index is 10.7. The molecule has 0 spiro atoms. The molecule has 76 valence electrons. The van der Waals surface area contributed by atoms with Crippen LogP contribution in [0.4, 0.5) is 0 Å². The van der Waals surface area contributed by atoms with Gasteiger partial charge in [0.1, 0.15) is 0 Å². The zero-order chi connectivity index (χ0) is 10.8. The number of aromatic carboxylic acids is 1. The van der Waals surface area contributed by atoms with Gasteiger partial charge in [-0.05, 0) is 18.1 Å². The summed E-state index contributed by atoms with van der Waals surface area (Å²) in [5, 5.41) is 8.89. The van der Waals surface area contributed by atoms with Gasteiger partial charge in [0.25, 0.3) is 0 Å². The lowest BCUT2D eigenvalue weighted by Gasteiger charge is -2.00. The molecular weight excluding hydrogens is 210 g/mol. The maximum Gasteiger partial charge on any atom is 0.365 e. The van der Waals surface area contributed by atoms with Gasteiger partial charge >= 0.3 is 5.97 Å². The number of thiazole rings is 1. The molecule has 15 heavy (non-hydrogen) atoms. The van der Waals surface area contributed by atoms with Crippen LogP contribution in [-0.4, -0.2) is 16.1 Å². The molecule has 0 aliphatic heterocycles. The third-order valence-corrected chi connectivity index (χ3v) is 3.12. The first-order valence-electron chi connectivity index (χ1n) is 4.43. The Kier molecular flexibility index (Phi) is 2.51. The number of carbonyl (C=O) groups is 1. The van der Waals surface area contributed by atoms with Crippen molar-refractivity contribution in [2.24, 2.45) is 0 Å². The fraction of sp³-hybridized carbons (Fsp3) is 0.0909. The highest BCUT2D eigenvalue weighted by molar-refractivity contribution is 7.16. The second-order valence-corrected chi connectivity index (χ2v) is 4.18. The molecule has 0 aliphatic carbocycles. The summed E-state index contributed by atoms with van der Waals surface area (Å²) in [6.07, 6.45) is 1.61. The first kappa shape index (κ1) is 9.86. The predicted octanol–water partition coefficient (Wildman–Crippen LogP) is 2.82. The quantitative estimate of drug-likeness (QED) is 0.844. The van der Waals surface area contributed by atoms with Crippen LogP contribution in [0.2, 0.25) is 0 Å². The Morgan fingerprint density at radius 3 is 2.73 bits per heavy atom. The topological polar surface area (TPSA) is 50.2 Å². The zero-order valence-corrected chi connectivity index (χ0v) is 8.91. The molecule has 0 saturated carbocycles. The average Bonchev–Trinajstić information content (AvgIpc) is 2.67. The molecule has 3 nitrogen and oxygen atoms in total. The van der Waals surface area contributed by atoms with E-state index in [1.165, 1.54) is 11.3 Å². The molecule has 0 saturated heterocycles. The number of carboxylic acid groups (broad SMARTS) is 1. The Morgan fingerprint density at radius 2 is 2.13 bits per heavy atom. The minimum Gasteiger partial charge on any atom is -0.476 e. The number of benzene rings is 1. The van der Waals surface area contributed by atoms with Crippen molar-refractivity contribution < 1.29 is 9.90 Å². The zero-order valence-electron chi connectivity index (χ0n) is 8.10. The van der Waals surface area contributed by atoms with Gasteiger partial charge in [-0.1, -0.05) is 24.3 Å². The third-order valence-electron chi connectivity index (χ3n) is 2.10. The van der Waals surface area contributed by atoms with Gasteiger partial charge in [0.05, 0.1) is 4.88 Å². The summed E-state index contributed by atoms with van der Waals surface area (Å²) in [6.45, 7) is 2.00. The van der Waals surface area contributed by atoms with E-state index in [1.807, 2.05) is 31.2 Å². The van der Waals surface area contributed by atoms with Crippen molar-refractivity contribution in [3.63, 3.8) is 0 Å². The number of aryl methyl sites for hydroxylation is 1. The van der Waals surface area contributed by atoms with E-state index in [2.05, 4.69) is 4.98 Å². The van der Waals surface area contributed by atoms with E-state index in [1.54, 1.807) is 6.20 Å². The normalized spacial score (nSPS) is 10.2. The van der Waals surface area contributed by atoms with Crippen LogP contribution in [-0.2, 0) is 0 Å². The summed E-state index contributed by atoms with van der Waals surface area (Å²) in [5.74, 6) is -0.972. The molecule has 0 fully saturated rings. The molecule has 1 aromatic carbocycles. The number of carboxylic acids is 1. The van der Waals surface area contributed by atoms with Gasteiger partial charge in [-0.15, -0.1) is 11.3 Å². The summed E-state index contributed by atoms with van der Waals surface area (Å²) in [7, 11) is 0. The van der Waals surface area contributed by atoms with Crippen molar-refractivity contribution in [2.45, 2.75) is 6.92 Å². The molecule has 1 heterocycles. The lowest BCUT2D eigenvalue weighted by Crippen LogP contribution is -1.92. The van der Waals surface area contributed by atoms with Crippen molar-refractivity contribution in [1.29, 1.82) is 0 Å². The molecule has 0 bridgehead atoms. The predicted molar refractivity (Wildman–Crippen MR) is 59.2 cm³/mol. The number of nitrogens with zero attached hydrogens (tertiary/aromatic N) is 1. The lowest BCUT2D eigenvalue weighted by molar-refractivity contribution is 0.0696. The van der Waals surface area contributed by atoms with Crippen molar-refractivity contribution in [3.05, 3.63) is 41.0 Å². The standard InChI is InChI=1S/C11H9NO2S/c1-7-4-2-3-5-8(7)9-6-12-10(15-9)11(13)14/h2-6H,1H3,(H,13,14). The molecule has 0 atom stereocenters. The van der Waals surface area contributed by atoms with E-state index in [4.69, 9.17) is 5.11 Å². The van der Waals surface area contributed by atoms with Gasteiger partial charge in [-0.3, -0.25) is 0 Å². The molecule has 2 aromatic rings. The van der Waals surface area contributed by atoms with E-state index in [0.717, 1.165) is 16.0 Å². The van der Waals surface area contributed by atoms with Crippen LogP contribution in [0.25, 0.3) is 10.4 Å². The Hall–Kier alpha value is -1.68. The van der Waals surface area contributed by atoms with Gasteiger partial charge in [-0.2, -0.15) is 0 Å². The van der Waals surface area contributed by atoms with Gasteiger partial charge < -0.3 is 5.11 Å². The monoisotopic (exact) mass is 219 g/mol. The Balaban J connectivity index is 2.46. The lowest BCUT2D eigenvalue weighted by atomic mass is 10.1. The Labute approximate surface area is 91.0 Å². The minimum atomic E-state index is -0.972. The molecule has 2 rings (SSSR count). The highest BCUT2D eigenvalue weighted by atomic mass is 32.1. The second-order valence-electron chi connectivity index (χ2n) is 3.15. The van der Waals surface area contributed by atoms with Crippen LogP contribution in [0.3, 0.4) is 0 Å². The van der Waals surface area contributed by atoms with Gasteiger partial charge in [0, 0.05) is 6.20 Å². The molecule has 0 radical (unpaired) electrons. The van der Waals surface area contributed by atoms with E-state index < -0.39 is 5.97 Å². The molecule has 0 unspecified atom stereocenters. The molecule has 0 aliphatic rings. The van der Waals surface area contributed by atoms with Crippen LogP contribution in [0.15, 0.2) is 30.5 Å². The Bertz CT molecular complexity index is 505. The fourth-order valence-corrected chi connectivity index (χ4v) is 2.19. The molecule has 0 amide bonds. The van der Waals surface area contributed by atoms with Gasteiger partial charge in [0.15, 0.2) is 0 Å². The summed E-state index contributed by atoms with van der Waals surface area (Å²) in [6, 6.07) is 7.85. The van der Waals surface area contributed by atoms with E-state index >= 15 is 0 Å². The van der Waals surface area contributed by atoms with E-state index in [0.29, 0.717) is 0 Å². The van der Waals surface area contributed by atoms with Gasteiger partial charge in [-0.25, -0.2) is 9.78 Å². The maximum absolute atomic E-state index is 10.7. The van der Waals surface area contributed by atoms with Crippen LogP contribution < -0.4 is 0 Å². The summed E-state index contributed by atoms with van der Waals surface area (Å²) in [5.41, 5.74) is 2.17. The van der Waals surface area contributed by atoms with Gasteiger partial charge in [0.2, 0.25) is 5.01 Å². The van der Waals surface area contributed by atoms with Crippen molar-refractivity contribution in [1.82, 2.24) is 4.98 Å². The highest BCUT2D eigenvalue weighted by Crippen LogP contribution is 2.28. The summed E-state index contributed by atoms with van der Waals surface area (Å²) >= 11 is 1.20. The summed E-state index contributed by atoms with van der Waals surface area (Å²) in [4.78, 5) is 15.4. The molecule has 4 heteroatoms. The van der Waals surface area contributed by atoms with Crippen LogP contribution >= 0.6 is 11.3 Å². The van der Waals surface area contributed by atoms with Crippen molar-refractivity contribution in [2.75, 3.05) is 0 Å². The number of aromatic nitrogens is 1. The summed E-state index contributed by atoms with van der Waals surface area (Å²) < 4.78 is 0. The first-order valence-corrected chi connectivity index (χ1v) is 5.25. The van der Waals surface area contributed by atoms with E-state index in [9.17, 15) is 4.79 Å². The molecule has 1 aromatic heterocycles. The number of rotatable bonds is 2.